The third kappa shape index (κ3) is 4.44. The van der Waals surface area contributed by atoms with E-state index in [0.717, 1.165) is 54.4 Å². The smallest absolute Gasteiger partial charge is 0.255 e. The number of amides is 1. The van der Waals surface area contributed by atoms with Crippen LogP contribution in [-0.2, 0) is 0 Å². The van der Waals surface area contributed by atoms with E-state index in [2.05, 4.69) is 27.1 Å². The number of aromatic nitrogens is 1. The number of benzene rings is 2. The lowest BCUT2D eigenvalue weighted by Crippen LogP contribution is -2.44. The highest BCUT2D eigenvalue weighted by atomic mass is 16.1. The van der Waals surface area contributed by atoms with Crippen LogP contribution in [0.15, 0.2) is 60.8 Å². The zero-order chi connectivity index (χ0) is 21.1. The number of pyridine rings is 1. The van der Waals surface area contributed by atoms with Gasteiger partial charge in [-0.3, -0.25) is 4.79 Å². The normalized spacial score (nSPS) is 14.5. The first kappa shape index (κ1) is 19.9. The van der Waals surface area contributed by atoms with Gasteiger partial charge in [0.15, 0.2) is 0 Å². The van der Waals surface area contributed by atoms with E-state index in [4.69, 9.17) is 5.73 Å². The van der Waals surface area contributed by atoms with Gasteiger partial charge in [0.2, 0.25) is 0 Å². The zero-order valence-electron chi connectivity index (χ0n) is 17.4. The first-order valence-corrected chi connectivity index (χ1v) is 10.2. The molecule has 0 unspecified atom stereocenters. The number of aryl methyl sites for hydroxylation is 1. The van der Waals surface area contributed by atoms with Gasteiger partial charge < -0.3 is 20.9 Å². The van der Waals surface area contributed by atoms with E-state index in [1.54, 1.807) is 6.20 Å². The Kier molecular flexibility index (Phi) is 5.68. The molecule has 0 radical (unpaired) electrons. The lowest BCUT2D eigenvalue weighted by Gasteiger charge is -2.33. The van der Waals surface area contributed by atoms with E-state index in [9.17, 15) is 4.79 Å². The minimum absolute atomic E-state index is 0.152. The summed E-state index contributed by atoms with van der Waals surface area (Å²) < 4.78 is 0. The van der Waals surface area contributed by atoms with Crippen LogP contribution in [0, 0.1) is 6.92 Å². The summed E-state index contributed by atoms with van der Waals surface area (Å²) in [5.74, 6) is 0.794. The number of nitrogens with two attached hydrogens (primary N) is 1. The van der Waals surface area contributed by atoms with E-state index in [0.29, 0.717) is 11.3 Å². The molecule has 0 atom stereocenters. The topological polar surface area (TPSA) is 74.5 Å². The quantitative estimate of drug-likeness (QED) is 0.653. The van der Waals surface area contributed by atoms with Crippen LogP contribution in [0.4, 0.5) is 17.2 Å². The minimum Gasteiger partial charge on any atom is -0.399 e. The number of hydrogen-bond donors (Lipinski definition) is 2. The molecule has 0 aliphatic carbocycles. The highest BCUT2D eigenvalue weighted by molar-refractivity contribution is 6.05. The van der Waals surface area contributed by atoms with Crippen molar-refractivity contribution in [3.63, 3.8) is 0 Å². The van der Waals surface area contributed by atoms with Crippen LogP contribution in [0.1, 0.15) is 15.9 Å². The number of nitrogen functional groups attached to an aromatic ring is 1. The Balaban J connectivity index is 1.47. The van der Waals surface area contributed by atoms with Crippen molar-refractivity contribution in [2.45, 2.75) is 6.92 Å². The maximum atomic E-state index is 12.8. The Morgan fingerprint density at radius 1 is 1.00 bits per heavy atom. The van der Waals surface area contributed by atoms with Gasteiger partial charge in [-0.05, 0) is 67.1 Å². The van der Waals surface area contributed by atoms with Gasteiger partial charge in [-0.1, -0.05) is 18.2 Å². The van der Waals surface area contributed by atoms with E-state index < -0.39 is 0 Å². The molecule has 0 bridgehead atoms. The molecule has 4 rings (SSSR count). The molecule has 2 heterocycles. The first-order chi connectivity index (χ1) is 14.5. The van der Waals surface area contributed by atoms with Gasteiger partial charge in [0, 0.05) is 37.4 Å². The van der Waals surface area contributed by atoms with Gasteiger partial charge in [-0.25, -0.2) is 4.98 Å². The average molecular weight is 402 g/mol. The summed E-state index contributed by atoms with van der Waals surface area (Å²) in [7, 11) is 2.13. The molecular weight excluding hydrogens is 374 g/mol. The van der Waals surface area contributed by atoms with Crippen molar-refractivity contribution < 1.29 is 4.79 Å². The number of anilines is 3. The second-order valence-corrected chi connectivity index (χ2v) is 7.80. The molecule has 2 aromatic carbocycles. The molecule has 1 fully saturated rings. The summed E-state index contributed by atoms with van der Waals surface area (Å²) in [6.07, 6.45) is 1.72. The third-order valence-corrected chi connectivity index (χ3v) is 5.55. The van der Waals surface area contributed by atoms with Crippen molar-refractivity contribution in [1.82, 2.24) is 9.88 Å². The number of rotatable bonds is 4. The summed E-state index contributed by atoms with van der Waals surface area (Å²) >= 11 is 0. The minimum atomic E-state index is -0.152. The number of carbonyl (C=O) groups is 1. The van der Waals surface area contributed by atoms with Gasteiger partial charge in [0.1, 0.15) is 5.82 Å². The molecule has 1 amide bonds. The molecule has 3 aromatic rings. The Labute approximate surface area is 177 Å². The van der Waals surface area contributed by atoms with E-state index in [1.807, 2.05) is 61.5 Å². The number of hydrogen-bond acceptors (Lipinski definition) is 5. The van der Waals surface area contributed by atoms with Gasteiger partial charge in [-0.15, -0.1) is 0 Å². The molecule has 1 aliphatic heterocycles. The van der Waals surface area contributed by atoms with Crippen molar-refractivity contribution >= 4 is 23.1 Å². The molecule has 1 aliphatic rings. The van der Waals surface area contributed by atoms with Crippen molar-refractivity contribution in [2.75, 3.05) is 49.2 Å². The maximum absolute atomic E-state index is 12.8. The SMILES string of the molecule is Cc1ccc(C(=O)Nc2ccc(N3CCN(C)CC3)nc2)cc1-c1ccc(N)cc1. The van der Waals surface area contributed by atoms with Gasteiger partial charge in [-0.2, -0.15) is 0 Å². The molecule has 3 N–H and O–H groups in total. The monoisotopic (exact) mass is 401 g/mol. The van der Waals surface area contributed by atoms with Crippen LogP contribution in [0.25, 0.3) is 11.1 Å². The second kappa shape index (κ2) is 8.55. The predicted octanol–water partition coefficient (Wildman–Crippen LogP) is 3.64. The Morgan fingerprint density at radius 2 is 1.73 bits per heavy atom. The fourth-order valence-corrected chi connectivity index (χ4v) is 3.62. The van der Waals surface area contributed by atoms with Crippen molar-refractivity contribution in [3.05, 3.63) is 71.9 Å². The van der Waals surface area contributed by atoms with E-state index in [-0.39, 0.29) is 5.91 Å². The van der Waals surface area contributed by atoms with Crippen LogP contribution >= 0.6 is 0 Å². The second-order valence-electron chi connectivity index (χ2n) is 7.80. The number of nitrogens with one attached hydrogen (secondary N) is 1. The molecule has 0 spiro atoms. The van der Waals surface area contributed by atoms with Crippen molar-refractivity contribution in [2.24, 2.45) is 0 Å². The van der Waals surface area contributed by atoms with Crippen LogP contribution in [0.2, 0.25) is 0 Å². The summed E-state index contributed by atoms with van der Waals surface area (Å²) in [6, 6.07) is 17.3. The molecule has 1 saturated heterocycles. The molecule has 154 valence electrons. The standard InChI is InChI=1S/C24H27N5O/c1-17-3-4-19(15-22(17)18-5-7-20(25)8-6-18)24(30)27-21-9-10-23(26-16-21)29-13-11-28(2)12-14-29/h3-10,15-16H,11-14,25H2,1-2H3,(H,27,30). The number of likely N-dealkylation sites (N-methyl/N-ethyl adjacent to an activating group) is 1. The van der Waals surface area contributed by atoms with Crippen molar-refractivity contribution in [3.8, 4) is 11.1 Å². The van der Waals surface area contributed by atoms with E-state index in [1.165, 1.54) is 0 Å². The number of piperazine rings is 1. The molecule has 6 nitrogen and oxygen atoms in total. The third-order valence-electron chi connectivity index (χ3n) is 5.55. The van der Waals surface area contributed by atoms with Crippen LogP contribution in [0.5, 0.6) is 0 Å². The van der Waals surface area contributed by atoms with Gasteiger partial charge in [0.25, 0.3) is 5.91 Å². The Morgan fingerprint density at radius 3 is 2.40 bits per heavy atom. The van der Waals surface area contributed by atoms with Crippen LogP contribution < -0.4 is 16.0 Å². The predicted molar refractivity (Wildman–Crippen MR) is 123 cm³/mol. The molecular formula is C24H27N5O. The summed E-state index contributed by atoms with van der Waals surface area (Å²) in [5.41, 5.74) is 11.0. The molecule has 1 aromatic heterocycles. The van der Waals surface area contributed by atoms with E-state index >= 15 is 0 Å². The fourth-order valence-electron chi connectivity index (χ4n) is 3.62. The van der Waals surface area contributed by atoms with Crippen LogP contribution in [-0.4, -0.2) is 49.0 Å². The first-order valence-electron chi connectivity index (χ1n) is 10.2. The number of carbonyl (C=O) groups excluding carboxylic acids is 1. The number of nitrogens with zero attached hydrogens (tertiary/aromatic N) is 3. The summed E-state index contributed by atoms with van der Waals surface area (Å²) in [5, 5.41) is 2.95. The lowest BCUT2D eigenvalue weighted by atomic mass is 9.97. The van der Waals surface area contributed by atoms with Crippen LogP contribution in [0.3, 0.4) is 0 Å². The fraction of sp³-hybridized carbons (Fsp3) is 0.250. The highest BCUT2D eigenvalue weighted by Gasteiger charge is 2.15. The Bertz CT molecular complexity index is 1020. The van der Waals surface area contributed by atoms with Crippen molar-refractivity contribution in [1.29, 1.82) is 0 Å². The van der Waals surface area contributed by atoms with Gasteiger partial charge >= 0.3 is 0 Å². The molecule has 30 heavy (non-hydrogen) atoms. The summed E-state index contributed by atoms with van der Waals surface area (Å²) in [4.78, 5) is 21.9. The Hall–Kier alpha value is -3.38. The summed E-state index contributed by atoms with van der Waals surface area (Å²) in [6.45, 7) is 6.03. The van der Waals surface area contributed by atoms with Gasteiger partial charge in [0.05, 0.1) is 11.9 Å². The zero-order valence-corrected chi connectivity index (χ0v) is 17.4. The molecule has 0 saturated carbocycles. The average Bonchev–Trinajstić information content (AvgIpc) is 2.76. The maximum Gasteiger partial charge on any atom is 0.255 e. The lowest BCUT2D eigenvalue weighted by molar-refractivity contribution is 0.102. The molecule has 6 heteroatoms. The largest absolute Gasteiger partial charge is 0.399 e. The highest BCUT2D eigenvalue weighted by Crippen LogP contribution is 2.26.